The molecule has 2 aromatic carbocycles. The summed E-state index contributed by atoms with van der Waals surface area (Å²) in [4.78, 5) is 13.0. The molecule has 5 nitrogen and oxygen atoms in total. The molecule has 6 heteroatoms. The number of hydrogen-bond acceptors (Lipinski definition) is 3. The zero-order chi connectivity index (χ0) is 20.9. The van der Waals surface area contributed by atoms with Crippen LogP contribution in [0.3, 0.4) is 0 Å². The van der Waals surface area contributed by atoms with Gasteiger partial charge in [0.1, 0.15) is 0 Å². The minimum atomic E-state index is -3.57. The fourth-order valence-corrected chi connectivity index (χ4v) is 5.44. The van der Waals surface area contributed by atoms with Crippen LogP contribution in [0.5, 0.6) is 0 Å². The van der Waals surface area contributed by atoms with Crippen molar-refractivity contribution in [2.24, 2.45) is 0 Å². The summed E-state index contributed by atoms with van der Waals surface area (Å²) in [5.74, 6) is -0.236. The number of rotatable bonds is 7. The van der Waals surface area contributed by atoms with E-state index >= 15 is 0 Å². The van der Waals surface area contributed by atoms with E-state index in [1.54, 1.807) is 23.4 Å². The highest BCUT2D eigenvalue weighted by Gasteiger charge is 2.28. The van der Waals surface area contributed by atoms with Crippen LogP contribution in [0.15, 0.2) is 53.4 Å². The zero-order valence-corrected chi connectivity index (χ0v) is 18.0. The quantitative estimate of drug-likeness (QED) is 0.747. The van der Waals surface area contributed by atoms with Crippen molar-refractivity contribution in [3.05, 3.63) is 65.2 Å². The monoisotopic (exact) mass is 414 g/mol. The second-order valence-electron chi connectivity index (χ2n) is 7.84. The second-order valence-corrected chi connectivity index (χ2v) is 9.75. The minimum absolute atomic E-state index is 0.00818. The Hall–Kier alpha value is -2.18. The highest BCUT2D eigenvalue weighted by molar-refractivity contribution is 7.89. The summed E-state index contributed by atoms with van der Waals surface area (Å²) in [6.07, 6.45) is 4.54. The van der Waals surface area contributed by atoms with Crippen LogP contribution < -0.4 is 5.32 Å². The first-order chi connectivity index (χ1) is 13.9. The molecule has 1 amide bonds. The Bertz CT molecular complexity index is 936. The fraction of sp³-hybridized carbons (Fsp3) is 0.435. The molecule has 2 aromatic rings. The van der Waals surface area contributed by atoms with Crippen LogP contribution in [0, 0.1) is 6.92 Å². The zero-order valence-electron chi connectivity index (χ0n) is 17.2. The summed E-state index contributed by atoms with van der Waals surface area (Å²) >= 11 is 0. The lowest BCUT2D eigenvalue weighted by atomic mass is 10.1. The van der Waals surface area contributed by atoms with E-state index in [0.717, 1.165) is 32.1 Å². The van der Waals surface area contributed by atoms with Gasteiger partial charge in [-0.25, -0.2) is 8.42 Å². The molecule has 1 fully saturated rings. The van der Waals surface area contributed by atoms with E-state index in [1.807, 2.05) is 25.1 Å². The Kier molecular flexibility index (Phi) is 7.09. The van der Waals surface area contributed by atoms with Gasteiger partial charge in [0, 0.05) is 24.7 Å². The van der Waals surface area contributed by atoms with Gasteiger partial charge in [-0.3, -0.25) is 4.79 Å². The van der Waals surface area contributed by atoms with Crippen LogP contribution in [0.25, 0.3) is 0 Å². The Labute approximate surface area is 174 Å². The molecular weight excluding hydrogens is 384 g/mol. The lowest BCUT2D eigenvalue weighted by molar-refractivity contribution is 0.0938. The van der Waals surface area contributed by atoms with Crippen molar-refractivity contribution in [1.29, 1.82) is 0 Å². The summed E-state index contributed by atoms with van der Waals surface area (Å²) in [7, 11) is -3.57. The molecule has 0 spiro atoms. The first-order valence-corrected chi connectivity index (χ1v) is 11.8. The molecule has 1 atom stereocenters. The van der Waals surface area contributed by atoms with E-state index in [4.69, 9.17) is 0 Å². The third-order valence-electron chi connectivity index (χ3n) is 5.47. The average molecular weight is 415 g/mol. The van der Waals surface area contributed by atoms with Gasteiger partial charge in [0.15, 0.2) is 0 Å². The van der Waals surface area contributed by atoms with E-state index in [1.165, 1.54) is 11.6 Å². The molecule has 1 N–H and O–H groups in total. The maximum Gasteiger partial charge on any atom is 0.251 e. The van der Waals surface area contributed by atoms with E-state index in [9.17, 15) is 13.2 Å². The number of carbonyl (C=O) groups excluding carboxylic acids is 1. The average Bonchev–Trinajstić information content (AvgIpc) is 2.73. The van der Waals surface area contributed by atoms with Crippen LogP contribution in [0.1, 0.15) is 54.1 Å². The first kappa shape index (κ1) is 21.5. The molecule has 0 unspecified atom stereocenters. The van der Waals surface area contributed by atoms with Crippen LogP contribution >= 0.6 is 0 Å². The number of nitrogens with one attached hydrogen (secondary N) is 1. The van der Waals surface area contributed by atoms with Gasteiger partial charge in [-0.15, -0.1) is 0 Å². The molecule has 1 saturated heterocycles. The summed E-state index contributed by atoms with van der Waals surface area (Å²) in [6.45, 7) is 4.85. The number of carbonyl (C=O) groups is 1. The Morgan fingerprint density at radius 2 is 1.76 bits per heavy atom. The molecule has 0 saturated carbocycles. The number of sulfonamides is 1. The van der Waals surface area contributed by atoms with E-state index in [2.05, 4.69) is 17.4 Å². The number of benzene rings is 2. The first-order valence-electron chi connectivity index (χ1n) is 10.3. The molecule has 29 heavy (non-hydrogen) atoms. The molecule has 1 aliphatic rings. The lowest BCUT2D eigenvalue weighted by Crippen LogP contribution is -2.36. The number of hydrogen-bond donors (Lipinski definition) is 1. The number of amides is 1. The molecule has 3 rings (SSSR count). The van der Waals surface area contributed by atoms with Gasteiger partial charge in [-0.1, -0.05) is 42.8 Å². The largest absolute Gasteiger partial charge is 0.350 e. The topological polar surface area (TPSA) is 66.5 Å². The summed E-state index contributed by atoms with van der Waals surface area (Å²) in [5.41, 5.74) is 2.29. The van der Waals surface area contributed by atoms with Crippen molar-refractivity contribution in [3.63, 3.8) is 0 Å². The maximum atomic E-state index is 13.1. The molecule has 0 aromatic heterocycles. The number of nitrogens with zero attached hydrogens (tertiary/aromatic N) is 1. The highest BCUT2D eigenvalue weighted by atomic mass is 32.2. The summed E-state index contributed by atoms with van der Waals surface area (Å²) in [5, 5.41) is 3.00. The fourth-order valence-electron chi connectivity index (χ4n) is 3.67. The highest BCUT2D eigenvalue weighted by Crippen LogP contribution is 2.24. The summed E-state index contributed by atoms with van der Waals surface area (Å²) in [6, 6.07) is 15.1. The van der Waals surface area contributed by atoms with Gasteiger partial charge in [0.2, 0.25) is 10.0 Å². The van der Waals surface area contributed by atoms with Gasteiger partial charge in [0.05, 0.1) is 4.90 Å². The lowest BCUT2D eigenvalue weighted by Gasteiger charge is -2.26. The molecular formula is C23H30N2O3S. The third kappa shape index (κ3) is 5.46. The van der Waals surface area contributed by atoms with Crippen molar-refractivity contribution in [2.75, 3.05) is 13.1 Å². The van der Waals surface area contributed by atoms with Gasteiger partial charge in [0.25, 0.3) is 5.91 Å². The Morgan fingerprint density at radius 1 is 1.07 bits per heavy atom. The number of piperidine rings is 1. The van der Waals surface area contributed by atoms with E-state index in [0.29, 0.717) is 24.2 Å². The standard InChI is InChI=1S/C23H30N2O3S/c1-18-11-14-21(17-22(18)29(27,28)25-15-7-4-8-16-25)23(26)24-19(2)12-13-20-9-5-3-6-10-20/h3,5-6,9-11,14,17,19H,4,7-8,12-13,15-16H2,1-2H3,(H,24,26)/t19-/m0/s1. The van der Waals surface area contributed by atoms with E-state index < -0.39 is 10.0 Å². The van der Waals surface area contributed by atoms with E-state index in [-0.39, 0.29) is 16.8 Å². The van der Waals surface area contributed by atoms with Gasteiger partial charge in [-0.2, -0.15) is 4.31 Å². The molecule has 156 valence electrons. The normalized spacial score (nSPS) is 16.3. The van der Waals surface area contributed by atoms with Gasteiger partial charge >= 0.3 is 0 Å². The van der Waals surface area contributed by atoms with Crippen LogP contribution in [0.4, 0.5) is 0 Å². The molecule has 0 bridgehead atoms. The third-order valence-corrected chi connectivity index (χ3v) is 7.51. The maximum absolute atomic E-state index is 13.1. The molecule has 0 aliphatic carbocycles. The second kappa shape index (κ2) is 9.55. The van der Waals surface area contributed by atoms with Crippen LogP contribution in [-0.2, 0) is 16.4 Å². The van der Waals surface area contributed by atoms with Crippen molar-refractivity contribution >= 4 is 15.9 Å². The SMILES string of the molecule is Cc1ccc(C(=O)N[C@@H](C)CCc2ccccc2)cc1S(=O)(=O)N1CCCCC1. The molecule has 1 heterocycles. The van der Waals surface area contributed by atoms with Crippen molar-refractivity contribution in [1.82, 2.24) is 9.62 Å². The van der Waals surface area contributed by atoms with Gasteiger partial charge < -0.3 is 5.32 Å². The van der Waals surface area contributed by atoms with Gasteiger partial charge in [-0.05, 0) is 62.8 Å². The molecule has 0 radical (unpaired) electrons. The number of aryl methyl sites for hydroxylation is 2. The van der Waals surface area contributed by atoms with Crippen molar-refractivity contribution in [3.8, 4) is 0 Å². The predicted molar refractivity (Wildman–Crippen MR) is 115 cm³/mol. The smallest absolute Gasteiger partial charge is 0.251 e. The van der Waals surface area contributed by atoms with Crippen molar-refractivity contribution < 1.29 is 13.2 Å². The van der Waals surface area contributed by atoms with Crippen LogP contribution in [0.2, 0.25) is 0 Å². The predicted octanol–water partition coefficient (Wildman–Crippen LogP) is 3.92. The van der Waals surface area contributed by atoms with Crippen molar-refractivity contribution in [2.45, 2.75) is 56.9 Å². The minimum Gasteiger partial charge on any atom is -0.350 e. The summed E-state index contributed by atoms with van der Waals surface area (Å²) < 4.78 is 27.7. The molecule has 1 aliphatic heterocycles. The Morgan fingerprint density at radius 3 is 2.45 bits per heavy atom. The van der Waals surface area contributed by atoms with Crippen LogP contribution in [-0.4, -0.2) is 37.8 Å². The Balaban J connectivity index is 1.68.